The van der Waals surface area contributed by atoms with E-state index in [1.807, 2.05) is 0 Å². The summed E-state index contributed by atoms with van der Waals surface area (Å²) in [7, 11) is 0. The van der Waals surface area contributed by atoms with E-state index in [1.54, 1.807) is 0 Å². The molecule has 22 heavy (non-hydrogen) atoms. The Kier molecular flexibility index (Phi) is 3.43. The average Bonchev–Trinajstić information content (AvgIpc) is 3.26. The zero-order valence-corrected chi connectivity index (χ0v) is 13.7. The monoisotopic (exact) mass is 299 g/mol. The highest BCUT2D eigenvalue weighted by molar-refractivity contribution is 5.90. The molecular weight excluding hydrogens is 274 g/mol. The Morgan fingerprint density at radius 3 is 2.23 bits per heavy atom. The molecule has 2 aliphatic rings. The van der Waals surface area contributed by atoms with E-state index in [1.165, 1.54) is 36.8 Å². The molecule has 0 atom stereocenters. The number of hydrogen-bond donors (Lipinski definition) is 0. The van der Waals surface area contributed by atoms with E-state index in [4.69, 9.17) is 9.97 Å². The van der Waals surface area contributed by atoms with Crippen molar-refractivity contribution in [2.45, 2.75) is 46.1 Å². The molecule has 0 saturated carbocycles. The molecule has 4 heterocycles. The highest BCUT2D eigenvalue weighted by Crippen LogP contribution is 2.32. The van der Waals surface area contributed by atoms with Crippen molar-refractivity contribution in [2.24, 2.45) is 0 Å². The van der Waals surface area contributed by atoms with Gasteiger partial charge in [0, 0.05) is 38.4 Å². The van der Waals surface area contributed by atoms with E-state index in [2.05, 4.69) is 34.3 Å². The second kappa shape index (κ2) is 5.45. The van der Waals surface area contributed by atoms with E-state index in [-0.39, 0.29) is 0 Å². The zero-order valence-electron chi connectivity index (χ0n) is 13.7. The summed E-state index contributed by atoms with van der Waals surface area (Å²) in [5.74, 6) is 2.08. The van der Waals surface area contributed by atoms with Gasteiger partial charge in [0.15, 0.2) is 0 Å². The third-order valence-electron chi connectivity index (χ3n) is 5.04. The van der Waals surface area contributed by atoms with E-state index < -0.39 is 0 Å². The maximum Gasteiger partial charge on any atom is 0.229 e. The van der Waals surface area contributed by atoms with Crippen molar-refractivity contribution < 1.29 is 0 Å². The highest BCUT2D eigenvalue weighted by atomic mass is 15.3. The van der Waals surface area contributed by atoms with Crippen LogP contribution in [0.1, 0.15) is 38.3 Å². The van der Waals surface area contributed by atoms with Gasteiger partial charge in [-0.2, -0.15) is 9.97 Å². The minimum absolute atomic E-state index is 0.930. The number of rotatable bonds is 3. The Morgan fingerprint density at radius 1 is 0.955 bits per heavy atom. The van der Waals surface area contributed by atoms with Crippen molar-refractivity contribution in [3.63, 3.8) is 0 Å². The average molecular weight is 299 g/mol. The van der Waals surface area contributed by atoms with E-state index in [0.717, 1.165) is 50.1 Å². The fraction of sp³-hybridized carbons (Fsp3) is 0.647. The van der Waals surface area contributed by atoms with Crippen LogP contribution in [0.4, 0.5) is 11.8 Å². The lowest BCUT2D eigenvalue weighted by molar-refractivity contribution is 0.757. The summed E-state index contributed by atoms with van der Waals surface area (Å²) in [5.41, 5.74) is 2.39. The fourth-order valence-corrected chi connectivity index (χ4v) is 3.85. The summed E-state index contributed by atoms with van der Waals surface area (Å²) >= 11 is 0. The maximum atomic E-state index is 4.98. The van der Waals surface area contributed by atoms with Crippen molar-refractivity contribution in [1.29, 1.82) is 0 Å². The quantitative estimate of drug-likeness (QED) is 0.873. The van der Waals surface area contributed by atoms with Crippen molar-refractivity contribution in [3.05, 3.63) is 11.8 Å². The van der Waals surface area contributed by atoms with Crippen molar-refractivity contribution in [2.75, 3.05) is 36.0 Å². The first-order valence-electron chi connectivity index (χ1n) is 8.65. The van der Waals surface area contributed by atoms with Crippen LogP contribution < -0.4 is 9.80 Å². The lowest BCUT2D eigenvalue weighted by Crippen LogP contribution is -2.24. The molecule has 4 rings (SSSR count). The van der Waals surface area contributed by atoms with Crippen LogP contribution in [0.15, 0.2) is 6.07 Å². The molecular formula is C17H25N5. The number of anilines is 2. The molecule has 2 fully saturated rings. The molecule has 2 aliphatic heterocycles. The van der Waals surface area contributed by atoms with Crippen LogP contribution in [0.2, 0.25) is 0 Å². The molecule has 0 aliphatic carbocycles. The predicted octanol–water partition coefficient (Wildman–Crippen LogP) is 2.96. The fourth-order valence-electron chi connectivity index (χ4n) is 3.85. The largest absolute Gasteiger partial charge is 0.356 e. The van der Waals surface area contributed by atoms with Gasteiger partial charge in [0.25, 0.3) is 0 Å². The first kappa shape index (κ1) is 13.9. The van der Waals surface area contributed by atoms with Gasteiger partial charge in [0.1, 0.15) is 11.5 Å². The summed E-state index contributed by atoms with van der Waals surface area (Å²) in [6, 6.07) is 2.26. The molecule has 2 saturated heterocycles. The van der Waals surface area contributed by atoms with Gasteiger partial charge in [-0.3, -0.25) is 0 Å². The third-order valence-corrected chi connectivity index (χ3v) is 5.04. The summed E-state index contributed by atoms with van der Waals surface area (Å²) in [6.07, 6.45) is 5.07. The molecule has 0 N–H and O–H groups in total. The van der Waals surface area contributed by atoms with Gasteiger partial charge in [-0.1, -0.05) is 0 Å². The molecule has 0 bridgehead atoms. The minimum Gasteiger partial charge on any atom is -0.356 e. The topological polar surface area (TPSA) is 37.2 Å². The SMILES string of the molecule is CCn1c(C)cc2c(N3CCCC3)nc(N3CCCC3)nc21. The van der Waals surface area contributed by atoms with Gasteiger partial charge in [-0.15, -0.1) is 0 Å². The summed E-state index contributed by atoms with van der Waals surface area (Å²) in [4.78, 5) is 14.7. The second-order valence-corrected chi connectivity index (χ2v) is 6.50. The minimum atomic E-state index is 0.930. The molecule has 0 aromatic carbocycles. The summed E-state index contributed by atoms with van der Waals surface area (Å²) in [6.45, 7) is 9.77. The molecule has 118 valence electrons. The number of aryl methyl sites for hydroxylation is 2. The smallest absolute Gasteiger partial charge is 0.229 e. The van der Waals surface area contributed by atoms with Crippen LogP contribution >= 0.6 is 0 Å². The first-order valence-corrected chi connectivity index (χ1v) is 8.65. The van der Waals surface area contributed by atoms with Gasteiger partial charge < -0.3 is 14.4 Å². The van der Waals surface area contributed by atoms with Crippen molar-refractivity contribution >= 4 is 22.8 Å². The van der Waals surface area contributed by atoms with Crippen LogP contribution in [0.5, 0.6) is 0 Å². The molecule has 5 nitrogen and oxygen atoms in total. The van der Waals surface area contributed by atoms with Gasteiger partial charge in [-0.05, 0) is 45.6 Å². The molecule has 2 aromatic rings. The van der Waals surface area contributed by atoms with Gasteiger partial charge >= 0.3 is 0 Å². The molecule has 5 heteroatoms. The Bertz CT molecular complexity index is 678. The Hall–Kier alpha value is -1.78. The lowest BCUT2D eigenvalue weighted by Gasteiger charge is -2.21. The van der Waals surface area contributed by atoms with Gasteiger partial charge in [-0.25, -0.2) is 0 Å². The Labute approximate surface area is 131 Å². The first-order chi connectivity index (χ1) is 10.8. The van der Waals surface area contributed by atoms with E-state index in [0.29, 0.717) is 0 Å². The number of nitrogens with zero attached hydrogens (tertiary/aromatic N) is 5. The maximum absolute atomic E-state index is 4.98. The van der Waals surface area contributed by atoms with Gasteiger partial charge in [0.2, 0.25) is 5.95 Å². The normalized spacial score (nSPS) is 18.8. The van der Waals surface area contributed by atoms with Crippen molar-refractivity contribution in [1.82, 2.24) is 14.5 Å². The lowest BCUT2D eigenvalue weighted by atomic mass is 10.3. The van der Waals surface area contributed by atoms with Crippen molar-refractivity contribution in [3.8, 4) is 0 Å². The van der Waals surface area contributed by atoms with Crippen LogP contribution in [-0.2, 0) is 6.54 Å². The van der Waals surface area contributed by atoms with Gasteiger partial charge in [0.05, 0.1) is 5.39 Å². The van der Waals surface area contributed by atoms with Crippen LogP contribution in [0.3, 0.4) is 0 Å². The molecule has 0 unspecified atom stereocenters. The second-order valence-electron chi connectivity index (χ2n) is 6.50. The predicted molar refractivity (Wildman–Crippen MR) is 90.8 cm³/mol. The van der Waals surface area contributed by atoms with E-state index >= 15 is 0 Å². The van der Waals surface area contributed by atoms with Crippen LogP contribution in [0.25, 0.3) is 11.0 Å². The highest BCUT2D eigenvalue weighted by Gasteiger charge is 2.23. The molecule has 0 amide bonds. The van der Waals surface area contributed by atoms with E-state index in [9.17, 15) is 0 Å². The number of aromatic nitrogens is 3. The Balaban J connectivity index is 1.90. The standard InChI is InChI=1S/C17H25N5/c1-3-22-13(2)12-14-15(20-8-4-5-9-20)18-17(19-16(14)22)21-10-6-7-11-21/h12H,3-11H2,1-2H3. The summed E-state index contributed by atoms with van der Waals surface area (Å²) in [5, 5.41) is 1.23. The third kappa shape index (κ3) is 2.14. The molecule has 0 radical (unpaired) electrons. The molecule has 2 aromatic heterocycles. The number of fused-ring (bicyclic) bond motifs is 1. The zero-order chi connectivity index (χ0) is 15.1. The van der Waals surface area contributed by atoms with Crippen LogP contribution in [0, 0.1) is 6.92 Å². The molecule has 0 spiro atoms. The summed E-state index contributed by atoms with van der Waals surface area (Å²) < 4.78 is 2.32. The number of hydrogen-bond acceptors (Lipinski definition) is 4. The van der Waals surface area contributed by atoms with Crippen LogP contribution in [-0.4, -0.2) is 40.7 Å². The Morgan fingerprint density at radius 2 is 1.59 bits per heavy atom.